The summed E-state index contributed by atoms with van der Waals surface area (Å²) in [6.45, 7) is 11.8. The van der Waals surface area contributed by atoms with Crippen molar-refractivity contribution in [2.24, 2.45) is 4.99 Å². The highest BCUT2D eigenvalue weighted by Crippen LogP contribution is 2.12. The number of carbonyl (C=O) groups excluding carboxylic acids is 2. The number of amides is 2. The molecule has 0 bridgehead atoms. The number of likely N-dealkylation sites (N-methyl/N-ethyl adjacent to an activating group) is 1. The molecule has 0 saturated carbocycles. The maximum Gasteiger partial charge on any atom is 0.417 e. The van der Waals surface area contributed by atoms with E-state index in [1.54, 1.807) is 48.6 Å². The first-order valence-electron chi connectivity index (χ1n) is 9.02. The van der Waals surface area contributed by atoms with Gasteiger partial charge >= 0.3 is 12.2 Å². The molecule has 0 heterocycles. The van der Waals surface area contributed by atoms with E-state index >= 15 is 0 Å². The third-order valence-corrected chi connectivity index (χ3v) is 2.81. The monoisotopic (exact) mass is 382 g/mol. The van der Waals surface area contributed by atoms with Crippen LogP contribution in [0.3, 0.4) is 0 Å². The number of aliphatic imine (C=N–C) groups is 1. The minimum absolute atomic E-state index is 0.0748. The first-order chi connectivity index (χ1) is 12.4. The van der Waals surface area contributed by atoms with Gasteiger partial charge in [0.2, 0.25) is 5.96 Å². The number of guanidine groups is 1. The summed E-state index contributed by atoms with van der Waals surface area (Å²) in [6, 6.07) is 0. The topological polar surface area (TPSA) is 92.3 Å². The fraction of sp³-hybridized carbons (Fsp3) is 0.737. The summed E-state index contributed by atoms with van der Waals surface area (Å²) in [7, 11) is 1.79. The Bertz CT molecular complexity index is 554. The minimum Gasteiger partial charge on any atom is -0.444 e. The molecular weight excluding hydrogens is 348 g/mol. The smallest absolute Gasteiger partial charge is 0.417 e. The number of nitrogens with one attached hydrogen (secondary N) is 2. The van der Waals surface area contributed by atoms with Crippen LogP contribution in [0, 0.1) is 12.3 Å². The lowest BCUT2D eigenvalue weighted by atomic mass is 10.2. The van der Waals surface area contributed by atoms with Crippen molar-refractivity contribution in [3.8, 4) is 12.3 Å². The molecule has 0 spiro atoms. The third-order valence-electron chi connectivity index (χ3n) is 2.81. The molecule has 0 aliphatic rings. The SMILES string of the molecule is C#CCCCN(C(=O)OC(C)(C)C)C(=NCCNC)NC(=O)OC(C)(C)C. The molecule has 0 saturated heterocycles. The van der Waals surface area contributed by atoms with Crippen LogP contribution in [0.15, 0.2) is 4.99 Å². The largest absolute Gasteiger partial charge is 0.444 e. The molecule has 2 N–H and O–H groups in total. The average molecular weight is 383 g/mol. The average Bonchev–Trinajstić information content (AvgIpc) is 2.47. The van der Waals surface area contributed by atoms with E-state index in [1.807, 2.05) is 0 Å². The van der Waals surface area contributed by atoms with Gasteiger partial charge in [-0.1, -0.05) is 0 Å². The van der Waals surface area contributed by atoms with Crippen LogP contribution in [0.25, 0.3) is 0 Å². The molecule has 0 aliphatic carbocycles. The van der Waals surface area contributed by atoms with Gasteiger partial charge in [-0.3, -0.25) is 10.3 Å². The van der Waals surface area contributed by atoms with Crippen molar-refractivity contribution in [3.63, 3.8) is 0 Å². The van der Waals surface area contributed by atoms with Gasteiger partial charge in [0.1, 0.15) is 11.2 Å². The first kappa shape index (κ1) is 24.7. The Labute approximate surface area is 163 Å². The Morgan fingerprint density at radius 2 is 1.70 bits per heavy atom. The quantitative estimate of drug-likeness (QED) is 0.319. The Morgan fingerprint density at radius 3 is 2.19 bits per heavy atom. The molecule has 0 radical (unpaired) electrons. The summed E-state index contributed by atoms with van der Waals surface area (Å²) in [5.74, 6) is 2.61. The van der Waals surface area contributed by atoms with Crippen molar-refractivity contribution in [2.75, 3.05) is 26.7 Å². The summed E-state index contributed by atoms with van der Waals surface area (Å²) in [6.07, 6.45) is 5.01. The van der Waals surface area contributed by atoms with E-state index in [1.165, 1.54) is 4.90 Å². The fourth-order valence-electron chi connectivity index (χ4n) is 1.80. The molecule has 0 aliphatic heterocycles. The molecule has 0 unspecified atom stereocenters. The molecule has 0 aromatic heterocycles. The lowest BCUT2D eigenvalue weighted by Gasteiger charge is -2.28. The Hall–Kier alpha value is -2.27. The van der Waals surface area contributed by atoms with Gasteiger partial charge in [0.15, 0.2) is 0 Å². The maximum atomic E-state index is 12.7. The van der Waals surface area contributed by atoms with Gasteiger partial charge in [0, 0.05) is 19.5 Å². The van der Waals surface area contributed by atoms with Gasteiger partial charge in [-0.25, -0.2) is 14.5 Å². The molecule has 8 nitrogen and oxygen atoms in total. The van der Waals surface area contributed by atoms with E-state index in [2.05, 4.69) is 21.5 Å². The van der Waals surface area contributed by atoms with Crippen molar-refractivity contribution in [3.05, 3.63) is 0 Å². The zero-order valence-corrected chi connectivity index (χ0v) is 17.6. The molecule has 27 heavy (non-hydrogen) atoms. The van der Waals surface area contributed by atoms with Crippen LogP contribution in [0.2, 0.25) is 0 Å². The van der Waals surface area contributed by atoms with Crippen molar-refractivity contribution in [1.29, 1.82) is 0 Å². The second-order valence-corrected chi connectivity index (χ2v) is 7.88. The zero-order valence-electron chi connectivity index (χ0n) is 17.6. The molecule has 0 aromatic rings. The normalized spacial score (nSPS) is 12.1. The van der Waals surface area contributed by atoms with E-state index < -0.39 is 23.4 Å². The van der Waals surface area contributed by atoms with Crippen LogP contribution >= 0.6 is 0 Å². The van der Waals surface area contributed by atoms with Crippen molar-refractivity contribution >= 4 is 18.1 Å². The van der Waals surface area contributed by atoms with E-state index in [0.29, 0.717) is 25.9 Å². The molecule has 0 fully saturated rings. The predicted octanol–water partition coefficient (Wildman–Crippen LogP) is 2.74. The highest BCUT2D eigenvalue weighted by atomic mass is 16.6. The number of hydrogen-bond acceptors (Lipinski definition) is 6. The predicted molar refractivity (Wildman–Crippen MR) is 107 cm³/mol. The van der Waals surface area contributed by atoms with Gasteiger partial charge in [-0.15, -0.1) is 12.3 Å². The van der Waals surface area contributed by atoms with E-state index in [4.69, 9.17) is 15.9 Å². The fourth-order valence-corrected chi connectivity index (χ4v) is 1.80. The van der Waals surface area contributed by atoms with Crippen molar-refractivity contribution in [1.82, 2.24) is 15.5 Å². The van der Waals surface area contributed by atoms with Crippen molar-refractivity contribution < 1.29 is 19.1 Å². The number of unbranched alkanes of at least 4 members (excludes halogenated alkanes) is 1. The molecule has 0 rings (SSSR count). The number of nitrogens with zero attached hydrogens (tertiary/aromatic N) is 2. The van der Waals surface area contributed by atoms with Gasteiger partial charge < -0.3 is 14.8 Å². The number of rotatable bonds is 6. The highest BCUT2D eigenvalue weighted by Gasteiger charge is 2.28. The lowest BCUT2D eigenvalue weighted by molar-refractivity contribution is 0.0357. The van der Waals surface area contributed by atoms with Gasteiger partial charge in [0.25, 0.3) is 0 Å². The number of ether oxygens (including phenoxy) is 2. The van der Waals surface area contributed by atoms with Gasteiger partial charge in [-0.2, -0.15) is 0 Å². The second-order valence-electron chi connectivity index (χ2n) is 7.88. The maximum absolute atomic E-state index is 12.7. The summed E-state index contributed by atoms with van der Waals surface area (Å²) in [5.41, 5.74) is -1.37. The standard InChI is InChI=1S/C19H34N4O4/c1-9-10-11-14-23(17(25)27-19(5,6)7)15(21-13-12-20-8)22-16(24)26-18(2,3)4/h1,20H,10-14H2,2-8H3,(H,21,22,24). The van der Waals surface area contributed by atoms with Crippen LogP contribution in [0.1, 0.15) is 54.4 Å². The summed E-state index contributed by atoms with van der Waals surface area (Å²) in [4.78, 5) is 30.5. The summed E-state index contributed by atoms with van der Waals surface area (Å²) in [5, 5.41) is 5.52. The number of hydrogen-bond donors (Lipinski definition) is 2. The van der Waals surface area contributed by atoms with Crippen LogP contribution < -0.4 is 10.6 Å². The summed E-state index contributed by atoms with van der Waals surface area (Å²) >= 11 is 0. The first-order valence-corrected chi connectivity index (χ1v) is 9.02. The highest BCUT2D eigenvalue weighted by molar-refractivity contribution is 6.01. The molecule has 0 atom stereocenters. The number of carbonyl (C=O) groups is 2. The molecule has 2 amide bonds. The molecule has 0 aromatic carbocycles. The van der Waals surface area contributed by atoms with E-state index in [0.717, 1.165) is 0 Å². The lowest BCUT2D eigenvalue weighted by Crippen LogP contribution is -2.50. The van der Waals surface area contributed by atoms with E-state index in [9.17, 15) is 9.59 Å². The van der Waals surface area contributed by atoms with Crippen LogP contribution in [0.5, 0.6) is 0 Å². The molecular formula is C19H34N4O4. The molecule has 154 valence electrons. The van der Waals surface area contributed by atoms with Crippen LogP contribution in [0.4, 0.5) is 9.59 Å². The Balaban J connectivity index is 5.52. The zero-order chi connectivity index (χ0) is 21.1. The van der Waals surface area contributed by atoms with E-state index in [-0.39, 0.29) is 12.5 Å². The minimum atomic E-state index is -0.698. The number of terminal acetylenes is 1. The molecule has 8 heteroatoms. The number of alkyl carbamates (subject to hydrolysis) is 1. The van der Waals surface area contributed by atoms with Gasteiger partial charge in [0.05, 0.1) is 6.54 Å². The Kier molecular flexibility index (Phi) is 10.5. The van der Waals surface area contributed by atoms with Crippen LogP contribution in [-0.2, 0) is 9.47 Å². The second kappa shape index (κ2) is 11.4. The van der Waals surface area contributed by atoms with Gasteiger partial charge in [-0.05, 0) is 55.0 Å². The van der Waals surface area contributed by atoms with Crippen molar-refractivity contribution in [2.45, 2.75) is 65.6 Å². The summed E-state index contributed by atoms with van der Waals surface area (Å²) < 4.78 is 10.7. The van der Waals surface area contributed by atoms with Crippen LogP contribution in [-0.4, -0.2) is 60.9 Å². The Morgan fingerprint density at radius 1 is 1.11 bits per heavy atom. The third kappa shape index (κ3) is 12.7.